The average molecular weight is 419 g/mol. The van der Waals surface area contributed by atoms with E-state index in [2.05, 4.69) is 5.32 Å². The number of carbonyl (C=O) groups is 3. The molecule has 0 spiro atoms. The van der Waals surface area contributed by atoms with Gasteiger partial charge in [0.05, 0.1) is 18.1 Å². The number of aliphatic carboxylic acids is 1. The first kappa shape index (κ1) is 21.6. The summed E-state index contributed by atoms with van der Waals surface area (Å²) in [4.78, 5) is 38.4. The summed E-state index contributed by atoms with van der Waals surface area (Å²) in [6.45, 7) is 7.97. The number of hydrogen-bond donors (Lipinski definition) is 1. The van der Waals surface area contributed by atoms with Crippen molar-refractivity contribution in [2.45, 2.75) is 53.4 Å². The van der Waals surface area contributed by atoms with E-state index in [0.717, 1.165) is 41.7 Å². The van der Waals surface area contributed by atoms with Crippen LogP contribution in [0.15, 0.2) is 17.2 Å². The van der Waals surface area contributed by atoms with Gasteiger partial charge < -0.3 is 20.0 Å². The van der Waals surface area contributed by atoms with Gasteiger partial charge in [0.1, 0.15) is 5.00 Å². The van der Waals surface area contributed by atoms with E-state index in [1.165, 1.54) is 11.3 Å². The summed E-state index contributed by atoms with van der Waals surface area (Å²) < 4.78 is 5.13. The van der Waals surface area contributed by atoms with Crippen molar-refractivity contribution in [1.29, 1.82) is 0 Å². The third-order valence-electron chi connectivity index (χ3n) is 6.01. The molecule has 2 saturated carbocycles. The molecule has 0 aliphatic heterocycles. The average Bonchev–Trinajstić information content (AvgIpc) is 3.33. The Balaban J connectivity index is 1.90. The molecule has 1 aromatic heterocycles. The molecule has 1 amide bonds. The van der Waals surface area contributed by atoms with E-state index in [4.69, 9.17) is 4.74 Å². The first-order valence-electron chi connectivity index (χ1n) is 10.3. The predicted molar refractivity (Wildman–Crippen MR) is 109 cm³/mol. The minimum atomic E-state index is -1.17. The molecule has 2 fully saturated rings. The van der Waals surface area contributed by atoms with E-state index in [0.29, 0.717) is 10.6 Å². The fourth-order valence-corrected chi connectivity index (χ4v) is 6.20. The second kappa shape index (κ2) is 8.69. The van der Waals surface area contributed by atoms with Crippen LogP contribution in [0, 0.1) is 23.7 Å². The molecule has 0 radical (unpaired) electrons. The normalized spacial score (nSPS) is 25.2. The number of carboxylic acid groups (broad SMARTS) is 1. The van der Waals surface area contributed by atoms with Crippen LogP contribution in [0.4, 0.5) is 5.00 Å². The van der Waals surface area contributed by atoms with E-state index >= 15 is 0 Å². The van der Waals surface area contributed by atoms with Crippen LogP contribution in [0.25, 0.3) is 0 Å². The second-order valence-electron chi connectivity index (χ2n) is 8.03. The van der Waals surface area contributed by atoms with Crippen molar-refractivity contribution in [3.8, 4) is 0 Å². The van der Waals surface area contributed by atoms with Gasteiger partial charge in [-0.15, -0.1) is 11.3 Å². The smallest absolute Gasteiger partial charge is 0.341 e. The third kappa shape index (κ3) is 3.97. The van der Waals surface area contributed by atoms with Gasteiger partial charge in [-0.1, -0.05) is 24.5 Å². The molecule has 0 aromatic carbocycles. The third-order valence-corrected chi connectivity index (χ3v) is 7.12. The van der Waals surface area contributed by atoms with Gasteiger partial charge in [-0.25, -0.2) is 4.79 Å². The first-order chi connectivity index (χ1) is 13.8. The highest BCUT2D eigenvalue weighted by molar-refractivity contribution is 7.16. The van der Waals surface area contributed by atoms with Crippen LogP contribution < -0.4 is 10.4 Å². The van der Waals surface area contributed by atoms with Crippen LogP contribution in [0.1, 0.15) is 62.2 Å². The summed E-state index contributed by atoms with van der Waals surface area (Å²) in [5.41, 5.74) is 2.53. The number of thiophene rings is 1. The highest BCUT2D eigenvalue weighted by Gasteiger charge is 2.54. The zero-order valence-electron chi connectivity index (χ0n) is 17.4. The van der Waals surface area contributed by atoms with E-state index < -0.39 is 23.8 Å². The molecule has 1 aromatic rings. The van der Waals surface area contributed by atoms with Gasteiger partial charge in [0.2, 0.25) is 5.91 Å². The highest BCUT2D eigenvalue weighted by Crippen LogP contribution is 2.57. The van der Waals surface area contributed by atoms with Gasteiger partial charge >= 0.3 is 5.97 Å². The number of carbonyl (C=O) groups excluding carboxylic acids is 3. The molecule has 3 rings (SSSR count). The molecule has 6 nitrogen and oxygen atoms in total. The molecule has 29 heavy (non-hydrogen) atoms. The van der Waals surface area contributed by atoms with Gasteiger partial charge in [0.15, 0.2) is 0 Å². The second-order valence-corrected chi connectivity index (χ2v) is 9.17. The number of rotatable bonds is 7. The molecule has 4 atom stereocenters. The van der Waals surface area contributed by atoms with E-state index in [1.807, 2.05) is 20.8 Å². The number of hydrogen-bond acceptors (Lipinski definition) is 6. The fourth-order valence-electron chi connectivity index (χ4n) is 5.05. The summed E-state index contributed by atoms with van der Waals surface area (Å²) >= 11 is 1.35. The van der Waals surface area contributed by atoms with Crippen LogP contribution in [-0.4, -0.2) is 24.5 Å². The van der Waals surface area contributed by atoms with Gasteiger partial charge in [0.25, 0.3) is 0 Å². The molecule has 158 valence electrons. The van der Waals surface area contributed by atoms with Crippen molar-refractivity contribution in [2.75, 3.05) is 11.9 Å². The monoisotopic (exact) mass is 418 g/mol. The van der Waals surface area contributed by atoms with Gasteiger partial charge in [-0.3, -0.25) is 4.79 Å². The summed E-state index contributed by atoms with van der Waals surface area (Å²) in [6.07, 6.45) is 3.30. The standard InChI is InChI=1S/C22H29NO5S/c1-5-7-12-10-15(22(27)28-6-2)20(29-12)23-19(24)17-13-8-9-14(16(13)11(3)4)18(17)21(25)26/h10,13-14,17-18H,5-9H2,1-4H3,(H,23,24)(H,25,26)/p-1/t13-,14+,17-,18-/m0/s1. The van der Waals surface area contributed by atoms with Crippen molar-refractivity contribution in [3.63, 3.8) is 0 Å². The summed E-state index contributed by atoms with van der Waals surface area (Å²) in [6, 6.07) is 1.76. The molecule has 2 aliphatic carbocycles. The predicted octanol–water partition coefficient (Wildman–Crippen LogP) is 3.17. The Labute approximate surface area is 175 Å². The zero-order chi connectivity index (χ0) is 21.3. The summed E-state index contributed by atoms with van der Waals surface area (Å²) in [5.74, 6) is -3.69. The Morgan fingerprint density at radius 3 is 2.38 bits per heavy atom. The van der Waals surface area contributed by atoms with Crippen LogP contribution >= 0.6 is 11.3 Å². The lowest BCUT2D eigenvalue weighted by atomic mass is 9.79. The number of allylic oxidation sites excluding steroid dienone is 2. The number of aryl methyl sites for hydroxylation is 1. The first-order valence-corrected chi connectivity index (χ1v) is 11.1. The number of nitrogens with one attached hydrogen (secondary N) is 1. The van der Waals surface area contributed by atoms with Gasteiger partial charge in [-0.05, 0) is 57.9 Å². The Hall–Kier alpha value is -2.15. The molecule has 0 unspecified atom stereocenters. The molecule has 1 heterocycles. The lowest BCUT2D eigenvalue weighted by Gasteiger charge is -2.30. The van der Waals surface area contributed by atoms with Crippen molar-refractivity contribution >= 4 is 34.2 Å². The fraction of sp³-hybridized carbons (Fsp3) is 0.591. The van der Waals surface area contributed by atoms with E-state index in [1.54, 1.807) is 13.0 Å². The van der Waals surface area contributed by atoms with Crippen molar-refractivity contribution < 1.29 is 24.2 Å². The van der Waals surface area contributed by atoms with E-state index in [9.17, 15) is 19.5 Å². The number of fused-ring (bicyclic) bond motifs is 2. The Morgan fingerprint density at radius 2 is 1.83 bits per heavy atom. The number of carboxylic acids is 1. The zero-order valence-corrected chi connectivity index (χ0v) is 18.2. The molecular formula is C22H28NO5S-. The van der Waals surface area contributed by atoms with Crippen LogP contribution in [0.2, 0.25) is 0 Å². The topological polar surface area (TPSA) is 95.5 Å². The van der Waals surface area contributed by atoms with Gasteiger partial charge in [0, 0.05) is 16.8 Å². The van der Waals surface area contributed by atoms with Crippen molar-refractivity contribution in [1.82, 2.24) is 0 Å². The number of ether oxygens (including phenoxy) is 1. The number of esters is 1. The molecule has 2 aliphatic rings. The number of amides is 1. The van der Waals surface area contributed by atoms with Crippen molar-refractivity contribution in [3.05, 3.63) is 27.7 Å². The largest absolute Gasteiger partial charge is 0.550 e. The minimum absolute atomic E-state index is 0.0750. The lowest BCUT2D eigenvalue weighted by molar-refractivity contribution is -0.314. The van der Waals surface area contributed by atoms with Gasteiger partial charge in [-0.2, -0.15) is 0 Å². The Bertz CT molecular complexity index is 851. The van der Waals surface area contributed by atoms with Crippen LogP contribution in [0.3, 0.4) is 0 Å². The maximum atomic E-state index is 13.2. The molecule has 2 bridgehead atoms. The molecule has 7 heteroatoms. The molecular weight excluding hydrogens is 390 g/mol. The minimum Gasteiger partial charge on any atom is -0.550 e. The highest BCUT2D eigenvalue weighted by atomic mass is 32.1. The molecule has 1 N–H and O–H groups in total. The lowest BCUT2D eigenvalue weighted by Crippen LogP contribution is -2.44. The van der Waals surface area contributed by atoms with Crippen LogP contribution in [-0.2, 0) is 20.7 Å². The molecule has 0 saturated heterocycles. The number of anilines is 1. The maximum absolute atomic E-state index is 13.2. The Morgan fingerprint density at radius 1 is 1.17 bits per heavy atom. The summed E-state index contributed by atoms with van der Waals surface area (Å²) in [5, 5.41) is 15.2. The van der Waals surface area contributed by atoms with Crippen molar-refractivity contribution in [2.24, 2.45) is 23.7 Å². The van der Waals surface area contributed by atoms with Crippen LogP contribution in [0.5, 0.6) is 0 Å². The summed E-state index contributed by atoms with van der Waals surface area (Å²) in [7, 11) is 0. The quantitative estimate of drug-likeness (QED) is 0.542. The Kier molecular flexibility index (Phi) is 6.46. The SMILES string of the molecule is CCCc1cc(C(=O)OCC)c(NC(=O)[C@@H]2[C@@H](C(=O)[O-])[C@@H]3CC[C@H]2C3=C(C)C)s1. The maximum Gasteiger partial charge on any atom is 0.341 e. The van der Waals surface area contributed by atoms with E-state index in [-0.39, 0.29) is 24.3 Å².